The van der Waals surface area contributed by atoms with E-state index in [1.807, 2.05) is 6.07 Å². The maximum absolute atomic E-state index is 11.4. The molecular formula is C16H12N4O4. The minimum atomic E-state index is -0.545. The summed E-state index contributed by atoms with van der Waals surface area (Å²) in [5, 5.41) is 21.9. The third-order valence-corrected chi connectivity index (χ3v) is 2.94. The molecule has 0 atom stereocenters. The number of nitriles is 1. The predicted molar refractivity (Wildman–Crippen MR) is 85.1 cm³/mol. The lowest BCUT2D eigenvalue weighted by Gasteiger charge is -2.04. The van der Waals surface area contributed by atoms with E-state index in [1.165, 1.54) is 25.3 Å². The molecule has 0 aliphatic heterocycles. The smallest absolute Gasteiger partial charge is 0.287 e. The molecule has 1 aromatic carbocycles. The molecule has 2 rings (SSSR count). The molecule has 0 radical (unpaired) electrons. The first kappa shape index (κ1) is 16.6. The van der Waals surface area contributed by atoms with Crippen molar-refractivity contribution in [3.63, 3.8) is 0 Å². The van der Waals surface area contributed by atoms with Gasteiger partial charge in [-0.3, -0.25) is 14.9 Å². The summed E-state index contributed by atoms with van der Waals surface area (Å²) in [7, 11) is 1.45. The van der Waals surface area contributed by atoms with Gasteiger partial charge in [0, 0.05) is 19.2 Å². The number of carbonyl (C=O) groups is 1. The molecule has 0 spiro atoms. The van der Waals surface area contributed by atoms with Gasteiger partial charge < -0.3 is 10.1 Å². The molecule has 0 saturated heterocycles. The minimum absolute atomic E-state index is 0.0109. The van der Waals surface area contributed by atoms with Crippen LogP contribution in [-0.2, 0) is 4.79 Å². The number of aromatic nitrogens is 1. The number of ether oxygens (including phenoxy) is 1. The van der Waals surface area contributed by atoms with Crippen LogP contribution in [0.2, 0.25) is 0 Å². The lowest BCUT2D eigenvalue weighted by Crippen LogP contribution is -2.19. The van der Waals surface area contributed by atoms with Crippen LogP contribution >= 0.6 is 0 Å². The molecule has 0 aliphatic carbocycles. The van der Waals surface area contributed by atoms with Crippen LogP contribution in [0, 0.1) is 21.4 Å². The molecule has 8 nitrogen and oxygen atoms in total. The molecule has 0 saturated carbocycles. The van der Waals surface area contributed by atoms with Crippen molar-refractivity contribution in [3.8, 4) is 17.7 Å². The highest BCUT2D eigenvalue weighted by Crippen LogP contribution is 2.22. The van der Waals surface area contributed by atoms with Crippen LogP contribution in [0.3, 0.4) is 0 Å². The fraction of sp³-hybridized carbons (Fsp3) is 0.0625. The summed E-state index contributed by atoms with van der Waals surface area (Å²) in [6.07, 6.45) is 2.56. The Morgan fingerprint density at radius 1 is 1.33 bits per heavy atom. The molecule has 1 heterocycles. The van der Waals surface area contributed by atoms with E-state index < -0.39 is 10.8 Å². The number of nitrogens with zero attached hydrogens (tertiary/aromatic N) is 3. The van der Waals surface area contributed by atoms with Gasteiger partial charge in [-0.2, -0.15) is 5.26 Å². The zero-order valence-electron chi connectivity index (χ0n) is 12.6. The van der Waals surface area contributed by atoms with Crippen LogP contribution in [0.5, 0.6) is 11.6 Å². The van der Waals surface area contributed by atoms with Crippen molar-refractivity contribution >= 4 is 17.7 Å². The largest absolute Gasteiger partial charge is 0.439 e. The van der Waals surface area contributed by atoms with Gasteiger partial charge in [0.25, 0.3) is 11.6 Å². The van der Waals surface area contributed by atoms with E-state index in [0.717, 1.165) is 6.20 Å². The van der Waals surface area contributed by atoms with Crippen molar-refractivity contribution in [1.82, 2.24) is 10.3 Å². The Labute approximate surface area is 137 Å². The topological polar surface area (TPSA) is 118 Å². The molecule has 120 valence electrons. The maximum Gasteiger partial charge on any atom is 0.287 e. The average molecular weight is 324 g/mol. The molecule has 0 bridgehead atoms. The van der Waals surface area contributed by atoms with Gasteiger partial charge in [0.15, 0.2) is 0 Å². The van der Waals surface area contributed by atoms with E-state index in [0.29, 0.717) is 11.3 Å². The van der Waals surface area contributed by atoms with E-state index in [4.69, 9.17) is 10.00 Å². The first-order chi connectivity index (χ1) is 11.5. The monoisotopic (exact) mass is 324 g/mol. The number of benzene rings is 1. The number of nitrogens with one attached hydrogen (secondary N) is 1. The molecule has 0 aliphatic rings. The van der Waals surface area contributed by atoms with Gasteiger partial charge >= 0.3 is 0 Å². The van der Waals surface area contributed by atoms with Crippen LogP contribution in [-0.4, -0.2) is 22.9 Å². The molecule has 0 fully saturated rings. The first-order valence-corrected chi connectivity index (χ1v) is 6.75. The second kappa shape index (κ2) is 7.51. The van der Waals surface area contributed by atoms with E-state index in [2.05, 4.69) is 10.3 Å². The SMILES string of the molecule is CNC(=O)C(C#N)=Cc1ccc(Oc2ccc([N+](=O)[O-])cn2)cc1. The van der Waals surface area contributed by atoms with Crippen molar-refractivity contribution in [2.45, 2.75) is 0 Å². The van der Waals surface area contributed by atoms with Crippen molar-refractivity contribution in [2.24, 2.45) is 0 Å². The van der Waals surface area contributed by atoms with Crippen LogP contribution in [0.1, 0.15) is 5.56 Å². The Morgan fingerprint density at radius 2 is 2.04 bits per heavy atom. The molecule has 24 heavy (non-hydrogen) atoms. The molecule has 1 amide bonds. The summed E-state index contributed by atoms with van der Waals surface area (Å²) in [5.41, 5.74) is 0.517. The lowest BCUT2D eigenvalue weighted by molar-refractivity contribution is -0.385. The van der Waals surface area contributed by atoms with Gasteiger partial charge in [-0.25, -0.2) is 4.98 Å². The van der Waals surface area contributed by atoms with Crippen LogP contribution in [0.15, 0.2) is 48.2 Å². The minimum Gasteiger partial charge on any atom is -0.439 e. The highest BCUT2D eigenvalue weighted by atomic mass is 16.6. The van der Waals surface area contributed by atoms with E-state index in [9.17, 15) is 14.9 Å². The highest BCUT2D eigenvalue weighted by molar-refractivity contribution is 6.01. The first-order valence-electron chi connectivity index (χ1n) is 6.75. The molecule has 1 aromatic heterocycles. The average Bonchev–Trinajstić information content (AvgIpc) is 2.61. The summed E-state index contributed by atoms with van der Waals surface area (Å²) < 4.78 is 5.47. The number of amides is 1. The van der Waals surface area contributed by atoms with Crippen molar-refractivity contribution in [2.75, 3.05) is 7.05 Å². The van der Waals surface area contributed by atoms with Gasteiger partial charge in [-0.05, 0) is 23.8 Å². The van der Waals surface area contributed by atoms with E-state index >= 15 is 0 Å². The fourth-order valence-electron chi connectivity index (χ4n) is 1.74. The second-order valence-corrected chi connectivity index (χ2v) is 4.53. The van der Waals surface area contributed by atoms with E-state index in [1.54, 1.807) is 24.3 Å². The Bertz CT molecular complexity index is 821. The molecule has 2 aromatic rings. The van der Waals surface area contributed by atoms with Crippen LogP contribution in [0.4, 0.5) is 5.69 Å². The molecule has 1 N–H and O–H groups in total. The van der Waals surface area contributed by atoms with Crippen LogP contribution in [0.25, 0.3) is 6.08 Å². The number of pyridine rings is 1. The summed E-state index contributed by atoms with van der Waals surface area (Å²) in [6.45, 7) is 0. The number of hydrogen-bond acceptors (Lipinski definition) is 6. The van der Waals surface area contributed by atoms with Gasteiger partial charge in [0.2, 0.25) is 5.88 Å². The highest BCUT2D eigenvalue weighted by Gasteiger charge is 2.08. The molecular weight excluding hydrogens is 312 g/mol. The normalized spacial score (nSPS) is 10.6. The zero-order valence-corrected chi connectivity index (χ0v) is 12.6. The summed E-state index contributed by atoms with van der Waals surface area (Å²) in [4.78, 5) is 25.3. The van der Waals surface area contributed by atoms with Crippen molar-refractivity contribution in [1.29, 1.82) is 5.26 Å². The predicted octanol–water partition coefficient (Wildman–Crippen LogP) is 2.44. The Morgan fingerprint density at radius 3 is 2.54 bits per heavy atom. The number of likely N-dealkylation sites (N-methyl/N-ethyl adjacent to an activating group) is 1. The van der Waals surface area contributed by atoms with Gasteiger partial charge in [-0.1, -0.05) is 12.1 Å². The summed E-state index contributed by atoms with van der Waals surface area (Å²) in [6, 6.07) is 11.1. The van der Waals surface area contributed by atoms with Gasteiger partial charge in [0.05, 0.1) is 4.92 Å². The Hall–Kier alpha value is -3.73. The Balaban J connectivity index is 2.12. The van der Waals surface area contributed by atoms with Gasteiger partial charge in [-0.15, -0.1) is 0 Å². The third kappa shape index (κ3) is 4.14. The summed E-state index contributed by atoms with van der Waals surface area (Å²) >= 11 is 0. The summed E-state index contributed by atoms with van der Waals surface area (Å²) in [5.74, 6) is 0.215. The quantitative estimate of drug-likeness (QED) is 0.390. The number of hydrogen-bond donors (Lipinski definition) is 1. The Kier molecular flexibility index (Phi) is 5.20. The van der Waals surface area contributed by atoms with E-state index in [-0.39, 0.29) is 17.1 Å². The van der Waals surface area contributed by atoms with Crippen molar-refractivity contribution < 1.29 is 14.5 Å². The van der Waals surface area contributed by atoms with Gasteiger partial charge in [0.1, 0.15) is 23.6 Å². The third-order valence-electron chi connectivity index (χ3n) is 2.94. The second-order valence-electron chi connectivity index (χ2n) is 4.53. The standard InChI is InChI=1S/C16H12N4O4/c1-18-16(21)12(9-17)8-11-2-5-14(6-3-11)24-15-7-4-13(10-19-15)20(22)23/h2-8,10H,1H3,(H,18,21). The maximum atomic E-state index is 11.4. The number of nitro groups is 1. The van der Waals surface area contributed by atoms with Crippen molar-refractivity contribution in [3.05, 3.63) is 63.8 Å². The fourth-order valence-corrected chi connectivity index (χ4v) is 1.74. The number of carbonyl (C=O) groups excluding carboxylic acids is 1. The molecule has 0 unspecified atom stereocenters. The molecule has 8 heteroatoms. The lowest BCUT2D eigenvalue weighted by atomic mass is 10.1. The number of rotatable bonds is 5. The zero-order chi connectivity index (χ0) is 17.5. The van der Waals surface area contributed by atoms with Crippen LogP contribution < -0.4 is 10.1 Å².